The van der Waals surface area contributed by atoms with E-state index in [0.29, 0.717) is 11.8 Å². The average molecular weight is 348 g/mol. The molecule has 1 atom stereocenters. The molecule has 132 valence electrons. The van der Waals surface area contributed by atoms with Crippen LogP contribution in [-0.2, 0) is 4.79 Å². The van der Waals surface area contributed by atoms with Crippen LogP contribution in [0.1, 0.15) is 23.6 Å². The van der Waals surface area contributed by atoms with E-state index in [-0.39, 0.29) is 11.8 Å². The van der Waals surface area contributed by atoms with Gasteiger partial charge in [0.15, 0.2) is 5.82 Å². The molecule has 26 heavy (non-hydrogen) atoms. The molecule has 4 rings (SSSR count). The Morgan fingerprint density at radius 3 is 2.92 bits per heavy atom. The standard InChI is InChI=1S/C19H20N6O/c1-13-7-10-20-19(21-13)25-12-9-17(23-25)22-18(26)15-8-11-24(2)16-6-4-3-5-14(15)16/h3-7,9-10,12,15H,8,11H2,1-2H3,(H,22,23,26). The molecule has 0 aliphatic carbocycles. The Morgan fingerprint density at radius 1 is 1.23 bits per heavy atom. The number of aromatic nitrogens is 4. The summed E-state index contributed by atoms with van der Waals surface area (Å²) < 4.78 is 1.56. The fourth-order valence-corrected chi connectivity index (χ4v) is 3.26. The molecule has 0 bridgehead atoms. The monoisotopic (exact) mass is 348 g/mol. The smallest absolute Gasteiger partial charge is 0.250 e. The first kappa shape index (κ1) is 16.3. The van der Waals surface area contributed by atoms with Crippen molar-refractivity contribution < 1.29 is 4.79 Å². The highest BCUT2D eigenvalue weighted by Crippen LogP contribution is 2.34. The van der Waals surface area contributed by atoms with Gasteiger partial charge < -0.3 is 10.2 Å². The first-order valence-electron chi connectivity index (χ1n) is 8.58. The lowest BCUT2D eigenvalue weighted by Gasteiger charge is -2.32. The zero-order valence-electron chi connectivity index (χ0n) is 14.8. The van der Waals surface area contributed by atoms with Crippen LogP contribution in [0.4, 0.5) is 11.5 Å². The van der Waals surface area contributed by atoms with E-state index >= 15 is 0 Å². The molecule has 0 radical (unpaired) electrons. The van der Waals surface area contributed by atoms with Crippen molar-refractivity contribution in [2.45, 2.75) is 19.3 Å². The summed E-state index contributed by atoms with van der Waals surface area (Å²) in [6, 6.07) is 11.6. The SMILES string of the molecule is Cc1ccnc(-n2ccc(NC(=O)C3CCN(C)c4ccccc43)n2)n1. The second-order valence-electron chi connectivity index (χ2n) is 6.45. The Bertz CT molecular complexity index is 950. The second-order valence-corrected chi connectivity index (χ2v) is 6.45. The molecule has 1 aliphatic rings. The maximum absolute atomic E-state index is 12.8. The summed E-state index contributed by atoms with van der Waals surface area (Å²) in [5.74, 6) is 0.760. The van der Waals surface area contributed by atoms with Gasteiger partial charge in [-0.1, -0.05) is 18.2 Å². The van der Waals surface area contributed by atoms with E-state index in [1.54, 1.807) is 23.1 Å². The highest BCUT2D eigenvalue weighted by atomic mass is 16.2. The molecule has 1 amide bonds. The molecule has 1 aromatic carbocycles. The van der Waals surface area contributed by atoms with Crippen molar-refractivity contribution in [2.24, 2.45) is 0 Å². The number of anilines is 2. The van der Waals surface area contributed by atoms with Crippen molar-refractivity contribution in [1.29, 1.82) is 0 Å². The zero-order valence-corrected chi connectivity index (χ0v) is 14.8. The van der Waals surface area contributed by atoms with Crippen molar-refractivity contribution in [3.05, 3.63) is 60.0 Å². The lowest BCUT2D eigenvalue weighted by molar-refractivity contribution is -0.117. The summed E-state index contributed by atoms with van der Waals surface area (Å²) in [6.07, 6.45) is 4.21. The molecule has 3 aromatic rings. The van der Waals surface area contributed by atoms with Crippen LogP contribution in [0.15, 0.2) is 48.8 Å². The summed E-state index contributed by atoms with van der Waals surface area (Å²) >= 11 is 0. The lowest BCUT2D eigenvalue weighted by atomic mass is 9.89. The van der Waals surface area contributed by atoms with E-state index in [1.807, 2.05) is 31.2 Å². The van der Waals surface area contributed by atoms with Gasteiger partial charge in [0.05, 0.1) is 5.92 Å². The van der Waals surface area contributed by atoms with Crippen LogP contribution in [0.3, 0.4) is 0 Å². The number of benzene rings is 1. The Kier molecular flexibility index (Phi) is 4.12. The Hall–Kier alpha value is -3.22. The van der Waals surface area contributed by atoms with Crippen molar-refractivity contribution in [3.8, 4) is 5.95 Å². The fourth-order valence-electron chi connectivity index (χ4n) is 3.26. The first-order valence-corrected chi connectivity index (χ1v) is 8.58. The number of carbonyl (C=O) groups excluding carboxylic acids is 1. The number of nitrogens with one attached hydrogen (secondary N) is 1. The summed E-state index contributed by atoms with van der Waals surface area (Å²) in [6.45, 7) is 2.75. The van der Waals surface area contributed by atoms with Gasteiger partial charge in [0, 0.05) is 43.4 Å². The van der Waals surface area contributed by atoms with E-state index in [4.69, 9.17) is 0 Å². The minimum absolute atomic E-state index is 0.0408. The summed E-state index contributed by atoms with van der Waals surface area (Å²) in [5, 5.41) is 7.30. The van der Waals surface area contributed by atoms with Gasteiger partial charge in [0.2, 0.25) is 5.91 Å². The van der Waals surface area contributed by atoms with Crippen LogP contribution in [0.25, 0.3) is 5.95 Å². The van der Waals surface area contributed by atoms with Crippen LogP contribution < -0.4 is 10.2 Å². The van der Waals surface area contributed by atoms with Crippen molar-refractivity contribution in [3.63, 3.8) is 0 Å². The van der Waals surface area contributed by atoms with Gasteiger partial charge in [-0.15, -0.1) is 5.10 Å². The maximum atomic E-state index is 12.8. The maximum Gasteiger partial charge on any atom is 0.250 e. The van der Waals surface area contributed by atoms with Crippen LogP contribution in [0, 0.1) is 6.92 Å². The van der Waals surface area contributed by atoms with E-state index in [0.717, 1.165) is 29.9 Å². The first-order chi connectivity index (χ1) is 12.6. The molecule has 1 N–H and O–H groups in total. The van der Waals surface area contributed by atoms with Gasteiger partial charge in [0.1, 0.15) is 0 Å². The predicted molar refractivity (Wildman–Crippen MR) is 99.6 cm³/mol. The van der Waals surface area contributed by atoms with Gasteiger partial charge in [-0.05, 0) is 31.0 Å². The minimum Gasteiger partial charge on any atom is -0.374 e. The van der Waals surface area contributed by atoms with Gasteiger partial charge in [-0.3, -0.25) is 4.79 Å². The largest absolute Gasteiger partial charge is 0.374 e. The normalized spacial score (nSPS) is 16.2. The summed E-state index contributed by atoms with van der Waals surface area (Å²) in [5.41, 5.74) is 3.02. The molecule has 7 nitrogen and oxygen atoms in total. The molecule has 3 heterocycles. The zero-order chi connectivity index (χ0) is 18.1. The number of para-hydroxylation sites is 1. The lowest BCUT2D eigenvalue weighted by Crippen LogP contribution is -2.32. The van der Waals surface area contributed by atoms with Gasteiger partial charge in [0.25, 0.3) is 5.95 Å². The summed E-state index contributed by atoms with van der Waals surface area (Å²) in [4.78, 5) is 23.5. The van der Waals surface area contributed by atoms with E-state index in [9.17, 15) is 4.79 Å². The average Bonchev–Trinajstić information content (AvgIpc) is 3.11. The Morgan fingerprint density at radius 2 is 2.08 bits per heavy atom. The fraction of sp³-hybridized carbons (Fsp3) is 0.263. The van der Waals surface area contributed by atoms with Crippen LogP contribution >= 0.6 is 0 Å². The Balaban J connectivity index is 1.54. The number of rotatable bonds is 3. The molecular weight excluding hydrogens is 328 g/mol. The quantitative estimate of drug-likeness (QED) is 0.787. The van der Waals surface area contributed by atoms with Crippen LogP contribution in [0.2, 0.25) is 0 Å². The molecule has 0 fully saturated rings. The highest BCUT2D eigenvalue weighted by molar-refractivity contribution is 5.96. The van der Waals surface area contributed by atoms with E-state index < -0.39 is 0 Å². The van der Waals surface area contributed by atoms with Crippen molar-refractivity contribution >= 4 is 17.4 Å². The third-order valence-electron chi connectivity index (χ3n) is 4.62. The molecule has 1 unspecified atom stereocenters. The number of aryl methyl sites for hydroxylation is 1. The third kappa shape index (κ3) is 3.03. The van der Waals surface area contributed by atoms with Crippen molar-refractivity contribution in [1.82, 2.24) is 19.7 Å². The van der Waals surface area contributed by atoms with Crippen LogP contribution in [-0.4, -0.2) is 39.2 Å². The molecule has 2 aromatic heterocycles. The minimum atomic E-state index is -0.178. The van der Waals surface area contributed by atoms with Crippen LogP contribution in [0.5, 0.6) is 0 Å². The van der Waals surface area contributed by atoms with Crippen molar-refractivity contribution in [2.75, 3.05) is 23.8 Å². The molecule has 0 saturated heterocycles. The number of fused-ring (bicyclic) bond motifs is 1. The number of hydrogen-bond donors (Lipinski definition) is 1. The van der Waals surface area contributed by atoms with Gasteiger partial charge in [-0.25, -0.2) is 14.6 Å². The highest BCUT2D eigenvalue weighted by Gasteiger charge is 2.28. The number of amides is 1. The molecular formula is C19H20N6O. The van der Waals surface area contributed by atoms with Gasteiger partial charge in [-0.2, -0.15) is 0 Å². The third-order valence-corrected chi connectivity index (χ3v) is 4.62. The number of carbonyl (C=O) groups is 1. The second kappa shape index (κ2) is 6.59. The predicted octanol–water partition coefficient (Wildman–Crippen LogP) is 2.53. The van der Waals surface area contributed by atoms with Gasteiger partial charge >= 0.3 is 0 Å². The van der Waals surface area contributed by atoms with E-state index in [2.05, 4.69) is 38.4 Å². The molecule has 7 heteroatoms. The topological polar surface area (TPSA) is 75.9 Å². The number of nitrogens with zero attached hydrogens (tertiary/aromatic N) is 5. The molecule has 0 spiro atoms. The molecule has 0 saturated carbocycles. The number of hydrogen-bond acceptors (Lipinski definition) is 5. The Labute approximate surface area is 151 Å². The summed E-state index contributed by atoms with van der Waals surface area (Å²) in [7, 11) is 2.05. The molecule has 1 aliphatic heterocycles. The van der Waals surface area contributed by atoms with E-state index in [1.165, 1.54) is 0 Å².